The van der Waals surface area contributed by atoms with Crippen LogP contribution < -0.4 is 10.5 Å². The minimum absolute atomic E-state index is 0.0341. The van der Waals surface area contributed by atoms with Crippen LogP contribution in [0.2, 0.25) is 0 Å². The van der Waals surface area contributed by atoms with Crippen LogP contribution in [-0.4, -0.2) is 47.6 Å². The third-order valence-electron chi connectivity index (χ3n) is 4.59. The van der Waals surface area contributed by atoms with E-state index in [0.717, 1.165) is 0 Å². The summed E-state index contributed by atoms with van der Waals surface area (Å²) in [6.07, 6.45) is -1.19. The molecule has 1 aromatic carbocycles. The molecule has 0 radical (unpaired) electrons. The quantitative estimate of drug-likeness (QED) is 0.454. The van der Waals surface area contributed by atoms with E-state index in [1.54, 1.807) is 6.92 Å². The number of carbonyl (C=O) groups excluding carboxylic acids is 2. The van der Waals surface area contributed by atoms with Gasteiger partial charge in [0.1, 0.15) is 17.4 Å². The van der Waals surface area contributed by atoms with E-state index >= 15 is 0 Å². The van der Waals surface area contributed by atoms with Gasteiger partial charge in [0.25, 0.3) is 0 Å². The summed E-state index contributed by atoms with van der Waals surface area (Å²) < 4.78 is 22.6. The first-order valence-corrected chi connectivity index (χ1v) is 10.1. The normalized spacial score (nSPS) is 23.4. The Morgan fingerprint density at radius 1 is 1.10 bits per heavy atom. The van der Waals surface area contributed by atoms with Crippen LogP contribution in [0.3, 0.4) is 0 Å². The Bertz CT molecular complexity index is 765. The van der Waals surface area contributed by atoms with Crippen molar-refractivity contribution in [2.24, 2.45) is 0 Å². The molecule has 166 valence electrons. The van der Waals surface area contributed by atoms with Crippen molar-refractivity contribution in [3.05, 3.63) is 23.8 Å². The summed E-state index contributed by atoms with van der Waals surface area (Å²) in [6.45, 7) is 5.43. The van der Waals surface area contributed by atoms with Gasteiger partial charge in [0.15, 0.2) is 6.10 Å². The Hall–Kier alpha value is -2.81. The van der Waals surface area contributed by atoms with Gasteiger partial charge in [-0.15, -0.1) is 0 Å². The van der Waals surface area contributed by atoms with Crippen molar-refractivity contribution >= 4 is 23.6 Å². The van der Waals surface area contributed by atoms with Crippen LogP contribution in [0.4, 0.5) is 5.69 Å². The Morgan fingerprint density at radius 3 is 2.27 bits per heavy atom. The second-order valence-electron chi connectivity index (χ2n) is 7.18. The number of carbonyl (C=O) groups is 3. The van der Waals surface area contributed by atoms with Gasteiger partial charge in [0.2, 0.25) is 6.29 Å². The molecule has 30 heavy (non-hydrogen) atoms. The number of carboxylic acids is 1. The van der Waals surface area contributed by atoms with Crippen LogP contribution in [0.1, 0.15) is 63.2 Å². The average molecular weight is 423 g/mol. The van der Waals surface area contributed by atoms with E-state index < -0.39 is 36.5 Å². The fourth-order valence-corrected chi connectivity index (χ4v) is 3.08. The molecule has 1 aliphatic rings. The zero-order chi connectivity index (χ0) is 22.3. The second-order valence-corrected chi connectivity index (χ2v) is 7.18. The van der Waals surface area contributed by atoms with Gasteiger partial charge in [-0.05, 0) is 38.0 Å². The fraction of sp³-hybridized carbons (Fsp3) is 0.571. The standard InChI is InChI=1S/C21H29NO8/c1-4-6-18(23)28-16-11-17(29-19(24)7-5-2)21(27-12(16)3)30-15-9-8-13(22)10-14(15)20(25)26/h8-10,12,16-17,21H,4-7,11,22H2,1-3H3,(H,25,26)/t12-,16?,17+,21?/m0/s1. The van der Waals surface area contributed by atoms with Gasteiger partial charge in [0, 0.05) is 24.9 Å². The maximum atomic E-state index is 12.1. The molecule has 4 atom stereocenters. The fourth-order valence-electron chi connectivity index (χ4n) is 3.08. The van der Waals surface area contributed by atoms with Gasteiger partial charge in [0.05, 0.1) is 6.10 Å². The minimum Gasteiger partial charge on any atom is -0.478 e. The van der Waals surface area contributed by atoms with E-state index in [-0.39, 0.29) is 42.2 Å². The van der Waals surface area contributed by atoms with Gasteiger partial charge < -0.3 is 29.8 Å². The molecule has 2 unspecified atom stereocenters. The molecule has 1 aliphatic heterocycles. The predicted octanol–water partition coefficient (Wildman–Crippen LogP) is 2.90. The number of nitrogen functional groups attached to an aromatic ring is 1. The van der Waals surface area contributed by atoms with Crippen molar-refractivity contribution in [2.75, 3.05) is 5.73 Å². The summed E-state index contributed by atoms with van der Waals surface area (Å²) in [5, 5.41) is 9.43. The van der Waals surface area contributed by atoms with Crippen molar-refractivity contribution in [2.45, 2.75) is 77.5 Å². The molecule has 9 heteroatoms. The van der Waals surface area contributed by atoms with Crippen LogP contribution in [0, 0.1) is 0 Å². The smallest absolute Gasteiger partial charge is 0.339 e. The molecule has 2 rings (SSSR count). The van der Waals surface area contributed by atoms with Crippen molar-refractivity contribution in [3.8, 4) is 5.75 Å². The molecule has 0 aliphatic carbocycles. The summed E-state index contributed by atoms with van der Waals surface area (Å²) in [5.41, 5.74) is 5.80. The summed E-state index contributed by atoms with van der Waals surface area (Å²) in [6, 6.07) is 4.20. The molecule has 3 N–H and O–H groups in total. The number of nitrogens with two attached hydrogens (primary N) is 1. The zero-order valence-corrected chi connectivity index (χ0v) is 17.5. The summed E-state index contributed by atoms with van der Waals surface area (Å²) >= 11 is 0. The van der Waals surface area contributed by atoms with E-state index in [1.165, 1.54) is 18.2 Å². The maximum absolute atomic E-state index is 12.1. The lowest BCUT2D eigenvalue weighted by Gasteiger charge is -2.39. The second kappa shape index (κ2) is 10.8. The van der Waals surface area contributed by atoms with E-state index in [1.807, 2.05) is 13.8 Å². The lowest BCUT2D eigenvalue weighted by atomic mass is 10.0. The highest BCUT2D eigenvalue weighted by Gasteiger charge is 2.42. The molecular formula is C21H29NO8. The largest absolute Gasteiger partial charge is 0.478 e. The highest BCUT2D eigenvalue weighted by molar-refractivity contribution is 5.92. The van der Waals surface area contributed by atoms with Crippen molar-refractivity contribution in [1.82, 2.24) is 0 Å². The molecule has 0 bridgehead atoms. The highest BCUT2D eigenvalue weighted by Crippen LogP contribution is 2.30. The van der Waals surface area contributed by atoms with Gasteiger partial charge >= 0.3 is 17.9 Å². The number of anilines is 1. The number of ether oxygens (including phenoxy) is 4. The van der Waals surface area contributed by atoms with Crippen LogP contribution in [0.5, 0.6) is 5.75 Å². The first-order chi connectivity index (χ1) is 14.2. The monoisotopic (exact) mass is 423 g/mol. The number of benzene rings is 1. The molecule has 1 aromatic rings. The minimum atomic E-state index is -1.22. The molecule has 1 saturated heterocycles. The Morgan fingerprint density at radius 2 is 1.70 bits per heavy atom. The number of hydrogen-bond acceptors (Lipinski definition) is 8. The molecule has 9 nitrogen and oxygen atoms in total. The Balaban J connectivity index is 2.22. The summed E-state index contributed by atoms with van der Waals surface area (Å²) in [5.74, 6) is -1.98. The molecule has 0 spiro atoms. The van der Waals surface area contributed by atoms with E-state index in [4.69, 9.17) is 24.7 Å². The van der Waals surface area contributed by atoms with E-state index in [2.05, 4.69) is 0 Å². The molecule has 1 heterocycles. The highest BCUT2D eigenvalue weighted by atomic mass is 16.7. The van der Waals surface area contributed by atoms with Gasteiger partial charge in [-0.1, -0.05) is 13.8 Å². The molecule has 0 saturated carbocycles. The number of esters is 2. The van der Waals surface area contributed by atoms with Gasteiger partial charge in [-0.3, -0.25) is 9.59 Å². The molecular weight excluding hydrogens is 394 g/mol. The number of hydrogen-bond donors (Lipinski definition) is 2. The van der Waals surface area contributed by atoms with Crippen molar-refractivity contribution < 1.29 is 38.4 Å². The zero-order valence-electron chi connectivity index (χ0n) is 17.5. The lowest BCUT2D eigenvalue weighted by Crippen LogP contribution is -2.51. The first-order valence-electron chi connectivity index (χ1n) is 10.1. The summed E-state index contributed by atoms with van der Waals surface area (Å²) in [7, 11) is 0. The van der Waals surface area contributed by atoms with Crippen LogP contribution in [0.25, 0.3) is 0 Å². The number of rotatable bonds is 9. The average Bonchev–Trinajstić information content (AvgIpc) is 2.66. The van der Waals surface area contributed by atoms with E-state index in [9.17, 15) is 19.5 Å². The lowest BCUT2D eigenvalue weighted by molar-refractivity contribution is -0.243. The molecule has 0 aromatic heterocycles. The van der Waals surface area contributed by atoms with Crippen molar-refractivity contribution in [3.63, 3.8) is 0 Å². The van der Waals surface area contributed by atoms with Crippen LogP contribution >= 0.6 is 0 Å². The molecule has 0 amide bonds. The third kappa shape index (κ3) is 6.35. The summed E-state index contributed by atoms with van der Waals surface area (Å²) in [4.78, 5) is 35.5. The topological polar surface area (TPSA) is 134 Å². The number of carboxylic acid groups (broad SMARTS) is 1. The van der Waals surface area contributed by atoms with E-state index in [0.29, 0.717) is 12.8 Å². The molecule has 1 fully saturated rings. The Kier molecular flexibility index (Phi) is 8.46. The predicted molar refractivity (Wildman–Crippen MR) is 107 cm³/mol. The van der Waals surface area contributed by atoms with Crippen LogP contribution in [0.15, 0.2) is 18.2 Å². The van der Waals surface area contributed by atoms with Gasteiger partial charge in [-0.2, -0.15) is 0 Å². The Labute approximate surface area is 175 Å². The third-order valence-corrected chi connectivity index (χ3v) is 4.59. The number of aromatic carboxylic acids is 1. The maximum Gasteiger partial charge on any atom is 0.339 e. The van der Waals surface area contributed by atoms with Gasteiger partial charge in [-0.25, -0.2) is 4.79 Å². The van der Waals surface area contributed by atoms with Crippen LogP contribution in [-0.2, 0) is 23.8 Å². The SMILES string of the molecule is CCCC(=O)OC1C[C@@H](OC(=O)CCC)C(Oc2ccc(N)cc2C(=O)O)O[C@H]1C. The first kappa shape index (κ1) is 23.5. The van der Waals surface area contributed by atoms with Crippen molar-refractivity contribution in [1.29, 1.82) is 0 Å².